The Morgan fingerprint density at radius 3 is 2.89 bits per heavy atom. The normalized spacial score (nSPS) is 20.5. The van der Waals surface area contributed by atoms with Crippen molar-refractivity contribution in [2.24, 2.45) is 0 Å². The molecule has 1 fully saturated rings. The molecule has 0 aromatic rings. The molecule has 2 N–H and O–H groups in total. The highest BCUT2D eigenvalue weighted by Gasteiger charge is 2.25. The molecule has 0 spiro atoms. The Morgan fingerprint density at radius 1 is 1.58 bits per heavy atom. The molecular weight excluding hydrogens is 240 g/mol. The summed E-state index contributed by atoms with van der Waals surface area (Å²) >= 11 is 0. The van der Waals surface area contributed by atoms with Crippen LogP contribution in [0.15, 0.2) is 36.1 Å². The summed E-state index contributed by atoms with van der Waals surface area (Å²) in [6.07, 6.45) is 8.63. The van der Waals surface area contributed by atoms with Gasteiger partial charge in [0.25, 0.3) is 5.91 Å². The predicted octanol–water partition coefficient (Wildman–Crippen LogP) is 2.20. The molecule has 1 saturated heterocycles. The quantitative estimate of drug-likeness (QED) is 0.589. The van der Waals surface area contributed by atoms with E-state index >= 15 is 0 Å². The monoisotopic (exact) mass is 262 g/mol. The molecule has 2 amide bonds. The summed E-state index contributed by atoms with van der Waals surface area (Å²) in [7, 11) is 0. The zero-order chi connectivity index (χ0) is 14.3. The lowest BCUT2D eigenvalue weighted by Crippen LogP contribution is -2.49. The summed E-state index contributed by atoms with van der Waals surface area (Å²) in [5.41, 5.74) is 1.33. The standard InChI is InChI=1S/C15H22N2O2/c1-4-6-8-12(7-5-2)14(18)17-13-10-9-11(3)16-15(13)19/h5,7-8,13H,3-4,6,9-10H2,1-2H3,(H,16,19)(H,17,18)/b7-5?,12-8+. The highest BCUT2D eigenvalue weighted by Crippen LogP contribution is 2.11. The fourth-order valence-corrected chi connectivity index (χ4v) is 1.87. The summed E-state index contributed by atoms with van der Waals surface area (Å²) in [5.74, 6) is -0.376. The van der Waals surface area contributed by atoms with Crippen LogP contribution in [0.1, 0.15) is 39.5 Å². The minimum atomic E-state index is -0.465. The third-order valence-corrected chi connectivity index (χ3v) is 2.92. The van der Waals surface area contributed by atoms with Crippen molar-refractivity contribution >= 4 is 11.8 Å². The first-order valence-corrected chi connectivity index (χ1v) is 6.70. The van der Waals surface area contributed by atoms with Crippen LogP contribution in [-0.4, -0.2) is 17.9 Å². The second-order valence-electron chi connectivity index (χ2n) is 4.61. The first kappa shape index (κ1) is 15.2. The molecule has 1 atom stereocenters. The molecule has 1 heterocycles. The molecule has 104 valence electrons. The Bertz CT molecular complexity index is 422. The predicted molar refractivity (Wildman–Crippen MR) is 76.3 cm³/mol. The van der Waals surface area contributed by atoms with E-state index in [9.17, 15) is 9.59 Å². The Balaban J connectivity index is 2.66. The Morgan fingerprint density at radius 2 is 2.32 bits per heavy atom. The van der Waals surface area contributed by atoms with Crippen LogP contribution >= 0.6 is 0 Å². The van der Waals surface area contributed by atoms with Gasteiger partial charge < -0.3 is 10.6 Å². The summed E-state index contributed by atoms with van der Waals surface area (Å²) in [6.45, 7) is 7.64. The van der Waals surface area contributed by atoms with E-state index in [1.165, 1.54) is 0 Å². The van der Waals surface area contributed by atoms with Gasteiger partial charge >= 0.3 is 0 Å². The first-order chi connectivity index (χ1) is 9.08. The Hall–Kier alpha value is -1.84. The topological polar surface area (TPSA) is 58.2 Å². The van der Waals surface area contributed by atoms with Crippen LogP contribution < -0.4 is 10.6 Å². The number of nitrogens with one attached hydrogen (secondary N) is 2. The second kappa shape index (κ2) is 7.56. The largest absolute Gasteiger partial charge is 0.340 e. The van der Waals surface area contributed by atoms with E-state index in [-0.39, 0.29) is 11.8 Å². The third-order valence-electron chi connectivity index (χ3n) is 2.92. The molecule has 4 heteroatoms. The number of carbonyl (C=O) groups excluding carboxylic acids is 2. The van der Waals surface area contributed by atoms with Gasteiger partial charge in [-0.2, -0.15) is 0 Å². The number of unbranched alkanes of at least 4 members (excludes halogenated alkanes) is 1. The smallest absolute Gasteiger partial charge is 0.251 e. The number of piperidine rings is 1. The molecule has 0 aromatic heterocycles. The second-order valence-corrected chi connectivity index (χ2v) is 4.61. The van der Waals surface area contributed by atoms with E-state index in [4.69, 9.17) is 0 Å². The van der Waals surface area contributed by atoms with Gasteiger partial charge in [-0.1, -0.05) is 38.2 Å². The van der Waals surface area contributed by atoms with E-state index in [0.29, 0.717) is 24.1 Å². The van der Waals surface area contributed by atoms with Crippen molar-refractivity contribution in [2.45, 2.75) is 45.6 Å². The van der Waals surface area contributed by atoms with Gasteiger partial charge in [0, 0.05) is 11.3 Å². The van der Waals surface area contributed by atoms with Gasteiger partial charge in [-0.15, -0.1) is 0 Å². The average molecular weight is 262 g/mol. The zero-order valence-electron chi connectivity index (χ0n) is 11.7. The lowest BCUT2D eigenvalue weighted by molar-refractivity contribution is -0.127. The number of hydrogen-bond donors (Lipinski definition) is 2. The van der Waals surface area contributed by atoms with Crippen molar-refractivity contribution in [1.82, 2.24) is 10.6 Å². The van der Waals surface area contributed by atoms with Crippen molar-refractivity contribution < 1.29 is 9.59 Å². The minimum Gasteiger partial charge on any atom is -0.340 e. The van der Waals surface area contributed by atoms with Crippen molar-refractivity contribution in [1.29, 1.82) is 0 Å². The summed E-state index contributed by atoms with van der Waals surface area (Å²) in [4.78, 5) is 23.8. The van der Waals surface area contributed by atoms with E-state index in [1.807, 2.05) is 19.1 Å². The number of allylic oxidation sites excluding steroid dienone is 3. The third kappa shape index (κ3) is 4.73. The van der Waals surface area contributed by atoms with Crippen molar-refractivity contribution in [3.63, 3.8) is 0 Å². The Labute approximate surface area is 114 Å². The molecule has 0 radical (unpaired) electrons. The minimum absolute atomic E-state index is 0.181. The molecule has 4 nitrogen and oxygen atoms in total. The van der Waals surface area contributed by atoms with Crippen molar-refractivity contribution in [2.75, 3.05) is 0 Å². The fraction of sp³-hybridized carbons (Fsp3) is 0.467. The van der Waals surface area contributed by atoms with Crippen molar-refractivity contribution in [3.8, 4) is 0 Å². The van der Waals surface area contributed by atoms with E-state index in [1.54, 1.807) is 6.08 Å². The molecule has 1 unspecified atom stereocenters. The van der Waals surface area contributed by atoms with Gasteiger partial charge in [0.2, 0.25) is 5.91 Å². The van der Waals surface area contributed by atoms with Gasteiger partial charge in [-0.05, 0) is 26.2 Å². The molecule has 0 saturated carbocycles. The number of hydrogen-bond acceptors (Lipinski definition) is 2. The van der Waals surface area contributed by atoms with E-state index < -0.39 is 6.04 Å². The number of rotatable bonds is 5. The van der Waals surface area contributed by atoms with Crippen LogP contribution in [0.2, 0.25) is 0 Å². The maximum Gasteiger partial charge on any atom is 0.251 e. The van der Waals surface area contributed by atoms with Gasteiger partial charge in [0.15, 0.2) is 0 Å². The van der Waals surface area contributed by atoms with Gasteiger partial charge in [0.1, 0.15) is 6.04 Å². The van der Waals surface area contributed by atoms with Crippen molar-refractivity contribution in [3.05, 3.63) is 36.1 Å². The van der Waals surface area contributed by atoms with Crippen LogP contribution in [-0.2, 0) is 9.59 Å². The van der Waals surface area contributed by atoms with Gasteiger partial charge in [0.05, 0.1) is 0 Å². The molecule has 0 aromatic carbocycles. The van der Waals surface area contributed by atoms with Crippen LogP contribution in [0, 0.1) is 0 Å². The highest BCUT2D eigenvalue weighted by atomic mass is 16.2. The van der Waals surface area contributed by atoms with Crippen LogP contribution in [0.3, 0.4) is 0 Å². The van der Waals surface area contributed by atoms with Crippen LogP contribution in [0.5, 0.6) is 0 Å². The molecule has 19 heavy (non-hydrogen) atoms. The fourth-order valence-electron chi connectivity index (χ4n) is 1.87. The van der Waals surface area contributed by atoms with Crippen LogP contribution in [0.4, 0.5) is 0 Å². The van der Waals surface area contributed by atoms with Gasteiger partial charge in [-0.25, -0.2) is 0 Å². The summed E-state index contributed by atoms with van der Waals surface area (Å²) in [6, 6.07) is -0.465. The lowest BCUT2D eigenvalue weighted by Gasteiger charge is -2.24. The molecule has 1 aliphatic heterocycles. The van der Waals surface area contributed by atoms with E-state index in [2.05, 4.69) is 24.1 Å². The number of amides is 2. The molecule has 1 aliphatic rings. The van der Waals surface area contributed by atoms with Crippen LogP contribution in [0.25, 0.3) is 0 Å². The maximum absolute atomic E-state index is 12.1. The number of carbonyl (C=O) groups is 2. The summed E-state index contributed by atoms with van der Waals surface area (Å²) in [5, 5.41) is 5.43. The van der Waals surface area contributed by atoms with E-state index in [0.717, 1.165) is 12.8 Å². The van der Waals surface area contributed by atoms with Gasteiger partial charge in [-0.3, -0.25) is 9.59 Å². The maximum atomic E-state index is 12.1. The summed E-state index contributed by atoms with van der Waals surface area (Å²) < 4.78 is 0. The average Bonchev–Trinajstić information content (AvgIpc) is 2.37. The zero-order valence-corrected chi connectivity index (χ0v) is 11.7. The highest BCUT2D eigenvalue weighted by molar-refractivity contribution is 5.99. The lowest BCUT2D eigenvalue weighted by atomic mass is 10.0. The SMILES string of the molecule is C=C1CCC(NC(=O)/C(C=CC)=C/CCC)C(=O)N1. The first-order valence-electron chi connectivity index (χ1n) is 6.70. The Kier molecular flexibility index (Phi) is 6.06. The molecule has 0 bridgehead atoms. The molecular formula is C15H22N2O2. The molecule has 0 aliphatic carbocycles. The molecule has 1 rings (SSSR count).